The second-order valence-electron chi connectivity index (χ2n) is 8.70. The van der Waals surface area contributed by atoms with Crippen LogP contribution >= 0.6 is 15.9 Å². The number of benzene rings is 2. The van der Waals surface area contributed by atoms with E-state index in [1.54, 1.807) is 32.2 Å². The number of aromatic nitrogens is 2. The summed E-state index contributed by atoms with van der Waals surface area (Å²) >= 11 is 3.48. The Labute approximate surface area is 206 Å². The minimum absolute atomic E-state index is 0.162. The summed E-state index contributed by atoms with van der Waals surface area (Å²) in [6, 6.07) is 12.8. The molecule has 1 heterocycles. The Balaban J connectivity index is 1.60. The molecule has 1 fully saturated rings. The smallest absolute Gasteiger partial charge is 0.344 e. The van der Waals surface area contributed by atoms with Crippen LogP contribution < -0.4 is 10.3 Å². The largest absolute Gasteiger partial charge is 0.481 e. The van der Waals surface area contributed by atoms with Gasteiger partial charge < -0.3 is 9.47 Å². The van der Waals surface area contributed by atoms with E-state index in [-0.39, 0.29) is 24.2 Å². The first-order valence-electron chi connectivity index (χ1n) is 11.6. The Morgan fingerprint density at radius 2 is 1.97 bits per heavy atom. The molecule has 1 saturated carbocycles. The summed E-state index contributed by atoms with van der Waals surface area (Å²) < 4.78 is 12.8. The van der Waals surface area contributed by atoms with Gasteiger partial charge in [0.15, 0.2) is 6.61 Å². The lowest BCUT2D eigenvalue weighted by Gasteiger charge is -2.22. The number of halogens is 1. The molecule has 34 heavy (non-hydrogen) atoms. The zero-order chi connectivity index (χ0) is 24.1. The molecule has 1 aliphatic rings. The maximum absolute atomic E-state index is 13.3. The van der Waals surface area contributed by atoms with Crippen LogP contribution in [0.15, 0.2) is 56.8 Å². The molecule has 4 rings (SSSR count). The van der Waals surface area contributed by atoms with E-state index in [9.17, 15) is 9.59 Å². The van der Waals surface area contributed by atoms with Gasteiger partial charge in [0.1, 0.15) is 11.6 Å². The lowest BCUT2D eigenvalue weighted by Crippen LogP contribution is -2.25. The summed E-state index contributed by atoms with van der Waals surface area (Å²) in [4.78, 5) is 29.9. The number of hydrogen-bond acceptors (Lipinski definition) is 6. The second-order valence-corrected chi connectivity index (χ2v) is 9.56. The van der Waals surface area contributed by atoms with Gasteiger partial charge in [-0.15, -0.1) is 0 Å². The molecule has 0 aliphatic heterocycles. The van der Waals surface area contributed by atoms with E-state index in [4.69, 9.17) is 14.5 Å². The van der Waals surface area contributed by atoms with Gasteiger partial charge in [0, 0.05) is 5.92 Å². The quantitative estimate of drug-likeness (QED) is 0.303. The molecule has 0 radical (unpaired) electrons. The minimum atomic E-state index is -0.425. The van der Waals surface area contributed by atoms with Gasteiger partial charge in [-0.2, -0.15) is 9.78 Å². The number of carbonyl (C=O) groups is 1. The Bertz CT molecular complexity index is 1260. The van der Waals surface area contributed by atoms with Crippen LogP contribution in [0.2, 0.25) is 0 Å². The van der Waals surface area contributed by atoms with Gasteiger partial charge in [-0.1, -0.05) is 31.4 Å². The fraction of sp³-hybridized carbons (Fsp3) is 0.385. The van der Waals surface area contributed by atoms with Crippen molar-refractivity contribution in [3.63, 3.8) is 0 Å². The molecular weight excluding hydrogens is 498 g/mol. The van der Waals surface area contributed by atoms with Gasteiger partial charge >= 0.3 is 5.97 Å². The Hall–Kier alpha value is -3.00. The Morgan fingerprint density at radius 3 is 2.71 bits per heavy atom. The summed E-state index contributed by atoms with van der Waals surface area (Å²) in [5.74, 6) is 1.04. The zero-order valence-electron chi connectivity index (χ0n) is 19.4. The number of esters is 1. The number of hydrogen-bond donors (Lipinski definition) is 0. The highest BCUT2D eigenvalue weighted by atomic mass is 79.9. The van der Waals surface area contributed by atoms with Gasteiger partial charge in [0.05, 0.1) is 27.7 Å². The van der Waals surface area contributed by atoms with Crippen molar-refractivity contribution < 1.29 is 14.3 Å². The number of carbonyl (C=O) groups excluding carboxylic acids is 1. The SMILES string of the molecule is CC(C)OC(=O)COc1ccc(C=Nn2c(C3CCCCC3)nc3ccccc3c2=O)cc1Br. The van der Waals surface area contributed by atoms with Gasteiger partial charge in [-0.25, -0.2) is 9.78 Å². The molecule has 8 heteroatoms. The van der Waals surface area contributed by atoms with Crippen LogP contribution in [0.5, 0.6) is 5.75 Å². The molecule has 0 saturated heterocycles. The van der Waals surface area contributed by atoms with Gasteiger partial charge in [-0.3, -0.25) is 4.79 Å². The molecule has 0 spiro atoms. The third kappa shape index (κ3) is 5.73. The highest BCUT2D eigenvalue weighted by Gasteiger charge is 2.22. The maximum Gasteiger partial charge on any atom is 0.344 e. The molecule has 7 nitrogen and oxygen atoms in total. The second kappa shape index (κ2) is 11.0. The van der Waals surface area contributed by atoms with Crippen molar-refractivity contribution in [3.05, 3.63) is 68.7 Å². The molecule has 3 aromatic rings. The third-order valence-corrected chi connectivity index (χ3v) is 6.36. The van der Waals surface area contributed by atoms with Crippen molar-refractivity contribution in [2.45, 2.75) is 58.0 Å². The topological polar surface area (TPSA) is 82.8 Å². The molecule has 0 atom stereocenters. The summed E-state index contributed by atoms with van der Waals surface area (Å²) in [6.45, 7) is 3.41. The fourth-order valence-corrected chi connectivity index (χ4v) is 4.66. The van der Waals surface area contributed by atoms with E-state index in [1.807, 2.05) is 30.3 Å². The van der Waals surface area contributed by atoms with Gasteiger partial charge in [0.25, 0.3) is 5.56 Å². The van der Waals surface area contributed by atoms with Crippen LogP contribution in [-0.2, 0) is 9.53 Å². The van der Waals surface area contributed by atoms with Crippen LogP contribution in [0.3, 0.4) is 0 Å². The fourth-order valence-electron chi connectivity index (χ4n) is 4.15. The number of para-hydroxylation sites is 1. The van der Waals surface area contributed by atoms with Crippen LogP contribution in [0.4, 0.5) is 0 Å². The van der Waals surface area contributed by atoms with Gasteiger partial charge in [0.2, 0.25) is 0 Å². The summed E-state index contributed by atoms with van der Waals surface area (Å²) in [5.41, 5.74) is 1.32. The van der Waals surface area contributed by atoms with Crippen molar-refractivity contribution in [2.75, 3.05) is 6.61 Å². The van der Waals surface area contributed by atoms with Crippen LogP contribution in [0.25, 0.3) is 10.9 Å². The Morgan fingerprint density at radius 1 is 1.21 bits per heavy atom. The number of ether oxygens (including phenoxy) is 2. The maximum atomic E-state index is 13.3. The molecule has 2 aromatic carbocycles. The van der Waals surface area contributed by atoms with Gasteiger partial charge in [-0.05, 0) is 78.5 Å². The summed E-state index contributed by atoms with van der Waals surface area (Å²) in [6.07, 6.45) is 6.96. The third-order valence-electron chi connectivity index (χ3n) is 5.74. The van der Waals surface area contributed by atoms with E-state index >= 15 is 0 Å². The molecule has 178 valence electrons. The molecular formula is C26H28BrN3O4. The molecule has 0 N–H and O–H groups in total. The normalized spacial score (nSPS) is 14.7. The first-order valence-corrected chi connectivity index (χ1v) is 12.4. The molecule has 1 aromatic heterocycles. The lowest BCUT2D eigenvalue weighted by atomic mass is 9.88. The first kappa shape index (κ1) is 24.1. The van der Waals surface area contributed by atoms with E-state index in [0.717, 1.165) is 37.1 Å². The van der Waals surface area contributed by atoms with Crippen molar-refractivity contribution in [2.24, 2.45) is 5.10 Å². The summed E-state index contributed by atoms with van der Waals surface area (Å²) in [5, 5.41) is 5.11. The summed E-state index contributed by atoms with van der Waals surface area (Å²) in [7, 11) is 0. The molecule has 0 unspecified atom stereocenters. The highest BCUT2D eigenvalue weighted by Crippen LogP contribution is 2.32. The van der Waals surface area contributed by atoms with Crippen LogP contribution in [0.1, 0.15) is 63.3 Å². The number of nitrogens with zero attached hydrogens (tertiary/aromatic N) is 3. The first-order chi connectivity index (χ1) is 16.4. The van der Waals surface area contributed by atoms with Crippen molar-refractivity contribution in [1.82, 2.24) is 9.66 Å². The van der Waals surface area contributed by atoms with Crippen LogP contribution in [-0.4, -0.2) is 34.6 Å². The molecule has 0 amide bonds. The van der Waals surface area contributed by atoms with E-state index in [0.29, 0.717) is 21.1 Å². The minimum Gasteiger partial charge on any atom is -0.481 e. The molecule has 1 aliphatic carbocycles. The van der Waals surface area contributed by atoms with Crippen molar-refractivity contribution in [1.29, 1.82) is 0 Å². The average molecular weight is 526 g/mol. The highest BCUT2D eigenvalue weighted by molar-refractivity contribution is 9.10. The molecule has 0 bridgehead atoms. The van der Waals surface area contributed by atoms with Crippen molar-refractivity contribution >= 4 is 39.0 Å². The zero-order valence-corrected chi connectivity index (χ0v) is 21.0. The Kier molecular flexibility index (Phi) is 7.77. The lowest BCUT2D eigenvalue weighted by molar-refractivity contribution is -0.149. The predicted molar refractivity (Wildman–Crippen MR) is 136 cm³/mol. The van der Waals surface area contributed by atoms with E-state index < -0.39 is 5.97 Å². The monoisotopic (exact) mass is 525 g/mol. The number of rotatable bonds is 7. The predicted octanol–water partition coefficient (Wildman–Crippen LogP) is 5.42. The number of fused-ring (bicyclic) bond motifs is 1. The standard InChI is InChI=1S/C26H28BrN3O4/c1-17(2)34-24(31)16-33-23-13-12-18(14-21(23)27)15-28-30-25(19-8-4-3-5-9-19)29-22-11-7-6-10-20(22)26(30)32/h6-7,10-15,17,19H,3-5,8-9,16H2,1-2H3. The van der Waals surface area contributed by atoms with E-state index in [2.05, 4.69) is 21.0 Å². The van der Waals surface area contributed by atoms with E-state index in [1.165, 1.54) is 11.1 Å². The average Bonchev–Trinajstić information content (AvgIpc) is 2.83. The van der Waals surface area contributed by atoms with Crippen LogP contribution in [0, 0.1) is 0 Å². The van der Waals surface area contributed by atoms with Crippen molar-refractivity contribution in [3.8, 4) is 5.75 Å².